The number of hydrogen-bond donors (Lipinski definition) is 5. The van der Waals surface area contributed by atoms with Crippen LogP contribution in [0.1, 0.15) is 132 Å². The van der Waals surface area contributed by atoms with Crippen LogP contribution >= 0.6 is 56.7 Å². The van der Waals surface area contributed by atoms with E-state index in [4.69, 9.17) is 16.0 Å². The fraction of sp³-hybridized carbons (Fsp3) is 0.190. The number of benzene rings is 10. The first-order chi connectivity index (χ1) is 65.3. The molecule has 135 heavy (non-hydrogen) atoms. The minimum absolute atomic E-state index is 0.0617. The largest absolute Gasteiger partial charge is 0.437 e. The van der Waals surface area contributed by atoms with E-state index in [9.17, 15) is 34.1 Å². The van der Waals surface area contributed by atoms with E-state index in [1.165, 1.54) is 122 Å². The fourth-order valence-electron chi connectivity index (χ4n) is 15.9. The van der Waals surface area contributed by atoms with Gasteiger partial charge in [0.2, 0.25) is 5.88 Å². The Morgan fingerprint density at radius 3 is 0.926 bits per heavy atom. The molecule has 30 heteroatoms. The summed E-state index contributed by atoms with van der Waals surface area (Å²) in [5.74, 6) is 0.315. The molecule has 0 spiro atoms. The molecule has 16 aromatic rings. The molecule has 682 valence electrons. The molecule has 10 aromatic carbocycles. The second-order valence-electron chi connectivity index (χ2n) is 32.2. The third-order valence-electron chi connectivity index (χ3n) is 22.1. The molecule has 0 saturated carbocycles. The molecule has 0 aliphatic carbocycles. The number of aryl methyl sites for hydroxylation is 11. The molecule has 0 bridgehead atoms. The van der Waals surface area contributed by atoms with Gasteiger partial charge in [0.1, 0.15) is 5.75 Å². The minimum Gasteiger partial charge on any atom is -0.437 e. The Labute approximate surface area is 803 Å². The molecule has 0 unspecified atom stereocenters. The number of morpholine rings is 1. The van der Waals surface area contributed by atoms with E-state index >= 15 is 0 Å². The Morgan fingerprint density at radius 1 is 0.370 bits per heavy atom. The second-order valence-corrected chi connectivity index (χ2v) is 36.4. The standard InChI is InChI=1S/C23H20N4O2S.C23H25N3OS.C22H23N3O2S.C19H15N3OS.C18H15N3O3S/c1-14-9-18(29-20-12-24-11-16(3)25-20)10-15(2)21(14)19-13-30-23(26-19)27-22(28)17-7-5-4-6-8-17;1-16-13-19(26-11-7-4-8-12-26)14-17(2)21(16)20-15-28-23(24-20)25-22(27)18-9-5-3-6-10-18;1-15-12-18(25-8-10-27-11-9-25)13-16(2)20(15)19-14-28-22(23-19)24-21(26)17-6-4-3-5-7-17;1-12-9-15(20-3)10-13(2)17(12)16-11-24-19(21-16)22-18(23)14-7-5-4-6-8-14;1-11-8-14(21(23)24)9-12(2)16(11)15-10-25-18(19-15)20-17(22)13-6-4-3-5-7-13/h4-13H,1-3H3,(H,26,27,28);3,5-6,9-10,13-15H,4,7-8,11-12H2,1-2H3,(H,24,25,27);3-7,12-14H,8-11H2,1-2H3,(H,23,24,26);4-11H,1-2H3,(H,21,22,23);3-10H,1-2H3,(H,19,20,22). The van der Waals surface area contributed by atoms with E-state index in [-0.39, 0.29) is 35.2 Å². The highest BCUT2D eigenvalue weighted by molar-refractivity contribution is 7.15. The maximum atomic E-state index is 12.4. The van der Waals surface area contributed by atoms with Crippen LogP contribution in [-0.2, 0) is 4.74 Å². The predicted octanol–water partition coefficient (Wildman–Crippen LogP) is 25.6. The molecule has 0 radical (unpaired) electrons. The average molecular weight is 1890 g/mol. The Hall–Kier alpha value is -15.0. The van der Waals surface area contributed by atoms with Gasteiger partial charge < -0.3 is 19.3 Å². The molecule has 18 rings (SSSR count). The van der Waals surface area contributed by atoms with Crippen molar-refractivity contribution in [1.29, 1.82) is 0 Å². The minimum atomic E-state index is -0.406. The molecule has 8 heterocycles. The molecule has 2 fully saturated rings. The van der Waals surface area contributed by atoms with E-state index in [1.807, 2.05) is 178 Å². The van der Waals surface area contributed by atoms with Crippen molar-refractivity contribution in [1.82, 2.24) is 34.9 Å². The number of thiazole rings is 5. The van der Waals surface area contributed by atoms with E-state index in [0.717, 1.165) is 129 Å². The maximum absolute atomic E-state index is 12.4. The topological polar surface area (TPSA) is 308 Å². The van der Waals surface area contributed by atoms with Crippen molar-refractivity contribution in [2.45, 2.75) is 95.4 Å². The lowest BCUT2D eigenvalue weighted by Crippen LogP contribution is -2.36. The summed E-state index contributed by atoms with van der Waals surface area (Å²) < 4.78 is 11.3. The monoisotopic (exact) mass is 1890 g/mol. The Morgan fingerprint density at radius 2 is 0.644 bits per heavy atom. The van der Waals surface area contributed by atoms with Crippen LogP contribution in [0.5, 0.6) is 11.6 Å². The molecular formula is C105H98N16O9S5. The number of nitro benzene ring substituents is 1. The van der Waals surface area contributed by atoms with E-state index < -0.39 is 4.92 Å². The number of nitrogens with one attached hydrogen (secondary N) is 5. The zero-order valence-electron chi connectivity index (χ0n) is 76.2. The fourth-order valence-corrected chi connectivity index (χ4v) is 19.4. The quantitative estimate of drug-likeness (QED) is 0.0269. The molecule has 2 aliphatic heterocycles. The highest BCUT2D eigenvalue weighted by Crippen LogP contribution is 2.41. The molecule has 6 aromatic heterocycles. The van der Waals surface area contributed by atoms with Crippen molar-refractivity contribution in [3.8, 4) is 67.9 Å². The summed E-state index contributed by atoms with van der Waals surface area (Å²) in [6.45, 7) is 34.8. The number of piperidine rings is 1. The van der Waals surface area contributed by atoms with Crippen LogP contribution in [0.2, 0.25) is 0 Å². The number of anilines is 7. The third kappa shape index (κ3) is 25.3. The van der Waals surface area contributed by atoms with E-state index in [1.54, 1.807) is 85.2 Å². The lowest BCUT2D eigenvalue weighted by atomic mass is 9.98. The molecule has 5 N–H and O–H groups in total. The molecular weight excluding hydrogens is 1790 g/mol. The average Bonchev–Trinajstić information content (AvgIpc) is 1.78. The van der Waals surface area contributed by atoms with Crippen LogP contribution in [0.3, 0.4) is 0 Å². The van der Waals surface area contributed by atoms with Crippen LogP contribution in [0.15, 0.2) is 252 Å². The van der Waals surface area contributed by atoms with E-state index in [2.05, 4.69) is 128 Å². The van der Waals surface area contributed by atoms with Crippen LogP contribution < -0.4 is 41.1 Å². The maximum Gasteiger partial charge on any atom is 0.269 e. The van der Waals surface area contributed by atoms with Crippen molar-refractivity contribution in [2.75, 3.05) is 75.8 Å². The number of hydrogen-bond acceptors (Lipinski definition) is 23. The highest BCUT2D eigenvalue weighted by Gasteiger charge is 2.24. The summed E-state index contributed by atoms with van der Waals surface area (Å²) in [5, 5.41) is 37.8. The Kier molecular flexibility index (Phi) is 32.3. The lowest BCUT2D eigenvalue weighted by molar-refractivity contribution is -0.384. The number of carbonyl (C=O) groups excluding carboxylic acids is 5. The molecule has 5 amide bonds. The zero-order chi connectivity index (χ0) is 95.2. The smallest absolute Gasteiger partial charge is 0.269 e. The number of amides is 5. The molecule has 0 atom stereocenters. The zero-order valence-corrected chi connectivity index (χ0v) is 80.3. The summed E-state index contributed by atoms with van der Waals surface area (Å²) in [6, 6.07) is 65.1. The number of aromatic nitrogens is 7. The van der Waals surface area contributed by atoms with E-state index in [0.29, 0.717) is 76.5 Å². The van der Waals surface area contributed by atoms with Crippen LogP contribution in [-0.4, -0.2) is 109 Å². The van der Waals surface area contributed by atoms with Gasteiger partial charge in [-0.15, -0.1) is 56.7 Å². The third-order valence-corrected chi connectivity index (χ3v) is 25.8. The van der Waals surface area contributed by atoms with Gasteiger partial charge >= 0.3 is 0 Å². The van der Waals surface area contributed by atoms with Crippen molar-refractivity contribution < 1.29 is 38.4 Å². The summed E-state index contributed by atoms with van der Waals surface area (Å²) in [4.78, 5) is 112. The first-order valence-electron chi connectivity index (χ1n) is 43.5. The van der Waals surface area contributed by atoms with Gasteiger partial charge in [0, 0.05) is 138 Å². The van der Waals surface area contributed by atoms with Gasteiger partial charge in [-0.3, -0.25) is 65.7 Å². The van der Waals surface area contributed by atoms with Crippen molar-refractivity contribution in [3.63, 3.8) is 0 Å². The predicted molar refractivity (Wildman–Crippen MR) is 546 cm³/mol. The van der Waals surface area contributed by atoms with Gasteiger partial charge in [-0.25, -0.2) is 34.7 Å². The number of nitro groups is 1. The van der Waals surface area contributed by atoms with Gasteiger partial charge in [0.15, 0.2) is 31.3 Å². The van der Waals surface area contributed by atoms with Gasteiger partial charge in [-0.05, 0) is 237 Å². The summed E-state index contributed by atoms with van der Waals surface area (Å²) in [7, 11) is 0. The number of carbonyl (C=O) groups is 5. The molecule has 25 nitrogen and oxygen atoms in total. The summed E-state index contributed by atoms with van der Waals surface area (Å²) >= 11 is 7.02. The summed E-state index contributed by atoms with van der Waals surface area (Å²) in [6.07, 6.45) is 7.16. The second kappa shape index (κ2) is 45.4. The number of nitrogens with zero attached hydrogens (tertiary/aromatic N) is 11. The van der Waals surface area contributed by atoms with Crippen molar-refractivity contribution in [3.05, 3.63) is 362 Å². The Balaban J connectivity index is 0.000000136. The van der Waals surface area contributed by atoms with Crippen LogP contribution in [0.25, 0.3) is 61.1 Å². The number of ether oxygens (including phenoxy) is 2. The van der Waals surface area contributed by atoms with Gasteiger partial charge in [0.05, 0.1) is 65.1 Å². The lowest BCUT2D eigenvalue weighted by Gasteiger charge is -2.30. The first kappa shape index (κ1) is 96.1. The van der Waals surface area contributed by atoms with Crippen molar-refractivity contribution in [2.24, 2.45) is 0 Å². The Bertz CT molecular complexity index is 6690. The summed E-state index contributed by atoms with van der Waals surface area (Å²) in [5.41, 5.74) is 26.8. The first-order valence-corrected chi connectivity index (χ1v) is 47.9. The van der Waals surface area contributed by atoms with Gasteiger partial charge in [-0.1, -0.05) is 114 Å². The number of rotatable bonds is 20. The van der Waals surface area contributed by atoms with Crippen molar-refractivity contribution >= 4 is 135 Å². The molecule has 2 saturated heterocycles. The van der Waals surface area contributed by atoms with Gasteiger partial charge in [0.25, 0.3) is 35.2 Å². The number of non-ortho nitro benzene ring substituents is 1. The normalized spacial score (nSPS) is 12.0. The van der Waals surface area contributed by atoms with Crippen LogP contribution in [0, 0.1) is 92.8 Å². The van der Waals surface area contributed by atoms with Crippen LogP contribution in [0.4, 0.5) is 48.4 Å². The molecule has 2 aliphatic rings. The van der Waals surface area contributed by atoms with Gasteiger partial charge in [-0.2, -0.15) is 0 Å². The SMILES string of the molecule is Cc1cc(N2CCCCC2)cc(C)c1-c1csc(NC(=O)c2ccccc2)n1.Cc1cc(N2CCOCC2)cc(C)c1-c1csc(NC(=O)c2ccccc2)n1.Cc1cc([N+](=O)[O-])cc(C)c1-c1csc(NC(=O)c2ccccc2)n1.Cc1cncc(Oc2cc(C)c(-c3csc(NC(=O)c4ccccc4)n3)c(C)c2)n1.[C-]#[N+]c1cc(C)c(-c2csc(NC(=O)c3ccccc3)n2)c(C)c1. The highest BCUT2D eigenvalue weighted by atomic mass is 32.1.